The van der Waals surface area contributed by atoms with Crippen molar-refractivity contribution in [3.05, 3.63) is 0 Å². The number of nitrogens with one attached hydrogen (secondary N) is 1. The summed E-state index contributed by atoms with van der Waals surface area (Å²) in [7, 11) is 0. The Labute approximate surface area is 117 Å². The molecule has 1 saturated carbocycles. The molecule has 3 N–H and O–H groups in total. The molecule has 1 unspecified atom stereocenters. The highest BCUT2D eigenvalue weighted by atomic mass is 16.5. The van der Waals surface area contributed by atoms with E-state index in [1.165, 1.54) is 12.8 Å². The van der Waals surface area contributed by atoms with E-state index < -0.39 is 0 Å². The van der Waals surface area contributed by atoms with Crippen LogP contribution in [0.2, 0.25) is 0 Å². The van der Waals surface area contributed by atoms with Crippen molar-refractivity contribution >= 4 is 5.91 Å². The molecule has 0 aromatic rings. The molecule has 4 heteroatoms. The fraction of sp³-hybridized carbons (Fsp3) is 0.933. The first-order chi connectivity index (χ1) is 9.11. The van der Waals surface area contributed by atoms with Crippen LogP contribution in [-0.2, 0) is 9.53 Å². The molecule has 0 saturated heterocycles. The van der Waals surface area contributed by atoms with Gasteiger partial charge in [-0.2, -0.15) is 0 Å². The summed E-state index contributed by atoms with van der Waals surface area (Å²) >= 11 is 0. The zero-order valence-electron chi connectivity index (χ0n) is 12.5. The van der Waals surface area contributed by atoms with Gasteiger partial charge in [-0.25, -0.2) is 0 Å². The standard InChI is InChI=1S/C15H30N2O2/c1-12(2)8-14(10-16)9-15(18)17-6-3-7-19-11-13-4-5-13/h12-14H,3-11,16H2,1-2H3,(H,17,18). The summed E-state index contributed by atoms with van der Waals surface area (Å²) in [5, 5.41) is 2.95. The van der Waals surface area contributed by atoms with Crippen molar-refractivity contribution in [2.24, 2.45) is 23.5 Å². The topological polar surface area (TPSA) is 64.4 Å². The van der Waals surface area contributed by atoms with Gasteiger partial charge in [0.25, 0.3) is 0 Å². The van der Waals surface area contributed by atoms with Crippen LogP contribution in [0.25, 0.3) is 0 Å². The molecule has 1 atom stereocenters. The zero-order valence-corrected chi connectivity index (χ0v) is 12.5. The van der Waals surface area contributed by atoms with Crippen LogP contribution in [0.3, 0.4) is 0 Å². The molecule has 19 heavy (non-hydrogen) atoms. The van der Waals surface area contributed by atoms with E-state index in [1.54, 1.807) is 0 Å². The fourth-order valence-corrected chi connectivity index (χ4v) is 2.20. The summed E-state index contributed by atoms with van der Waals surface area (Å²) in [5.74, 6) is 1.84. The molecule has 0 bridgehead atoms. The van der Waals surface area contributed by atoms with Gasteiger partial charge in [0.2, 0.25) is 5.91 Å². The molecular formula is C15H30N2O2. The van der Waals surface area contributed by atoms with Gasteiger partial charge in [0.05, 0.1) is 0 Å². The SMILES string of the molecule is CC(C)CC(CN)CC(=O)NCCCOCC1CC1. The minimum absolute atomic E-state index is 0.123. The predicted octanol–water partition coefficient (Wildman–Crippen LogP) is 1.93. The monoisotopic (exact) mass is 270 g/mol. The first kappa shape index (κ1) is 16.4. The van der Waals surface area contributed by atoms with Gasteiger partial charge in [-0.1, -0.05) is 13.8 Å². The lowest BCUT2D eigenvalue weighted by molar-refractivity contribution is -0.122. The average molecular weight is 270 g/mol. The Kier molecular flexibility index (Phi) is 8.07. The van der Waals surface area contributed by atoms with Crippen LogP contribution in [0, 0.1) is 17.8 Å². The number of rotatable bonds is 11. The van der Waals surface area contributed by atoms with Gasteiger partial charge in [0.15, 0.2) is 0 Å². The summed E-state index contributed by atoms with van der Waals surface area (Å²) in [6.45, 7) is 7.29. The lowest BCUT2D eigenvalue weighted by Crippen LogP contribution is -2.30. The molecule has 112 valence electrons. The summed E-state index contributed by atoms with van der Waals surface area (Å²) in [6.07, 6.45) is 5.13. The van der Waals surface area contributed by atoms with E-state index in [0.717, 1.165) is 32.0 Å². The smallest absolute Gasteiger partial charge is 0.220 e. The van der Waals surface area contributed by atoms with Crippen LogP contribution in [0.5, 0.6) is 0 Å². The lowest BCUT2D eigenvalue weighted by atomic mass is 9.94. The third-order valence-corrected chi connectivity index (χ3v) is 3.45. The quantitative estimate of drug-likeness (QED) is 0.564. The van der Waals surface area contributed by atoms with Crippen LogP contribution >= 0.6 is 0 Å². The first-order valence-corrected chi connectivity index (χ1v) is 7.66. The molecule has 0 aromatic heterocycles. The van der Waals surface area contributed by atoms with Crippen LogP contribution in [0.15, 0.2) is 0 Å². The Bertz CT molecular complexity index is 253. The van der Waals surface area contributed by atoms with Crippen molar-refractivity contribution in [1.29, 1.82) is 0 Å². The number of hydrogen-bond donors (Lipinski definition) is 2. The van der Waals surface area contributed by atoms with Crippen molar-refractivity contribution < 1.29 is 9.53 Å². The summed E-state index contributed by atoms with van der Waals surface area (Å²) < 4.78 is 5.52. The van der Waals surface area contributed by atoms with Gasteiger partial charge in [-0.05, 0) is 50.0 Å². The Hall–Kier alpha value is -0.610. The molecule has 0 aliphatic heterocycles. The molecule has 1 amide bonds. The Morgan fingerprint density at radius 2 is 2.16 bits per heavy atom. The van der Waals surface area contributed by atoms with Crippen LogP contribution in [0.4, 0.5) is 0 Å². The van der Waals surface area contributed by atoms with Crippen molar-refractivity contribution in [1.82, 2.24) is 5.32 Å². The minimum atomic E-state index is 0.123. The van der Waals surface area contributed by atoms with E-state index in [2.05, 4.69) is 19.2 Å². The van der Waals surface area contributed by atoms with Crippen LogP contribution in [0.1, 0.15) is 46.0 Å². The van der Waals surface area contributed by atoms with E-state index in [-0.39, 0.29) is 5.91 Å². The van der Waals surface area contributed by atoms with E-state index in [1.807, 2.05) is 0 Å². The van der Waals surface area contributed by atoms with Crippen molar-refractivity contribution in [3.8, 4) is 0 Å². The Morgan fingerprint density at radius 1 is 1.42 bits per heavy atom. The first-order valence-electron chi connectivity index (χ1n) is 7.66. The van der Waals surface area contributed by atoms with Gasteiger partial charge in [0.1, 0.15) is 0 Å². The van der Waals surface area contributed by atoms with Gasteiger partial charge < -0.3 is 15.8 Å². The summed E-state index contributed by atoms with van der Waals surface area (Å²) in [4.78, 5) is 11.7. The van der Waals surface area contributed by atoms with Crippen LogP contribution in [-0.4, -0.2) is 32.2 Å². The highest BCUT2D eigenvalue weighted by Crippen LogP contribution is 2.28. The Balaban J connectivity index is 1.95. The maximum absolute atomic E-state index is 11.7. The van der Waals surface area contributed by atoms with E-state index >= 15 is 0 Å². The molecule has 0 spiro atoms. The maximum Gasteiger partial charge on any atom is 0.220 e. The number of carbonyl (C=O) groups excluding carboxylic acids is 1. The van der Waals surface area contributed by atoms with Gasteiger partial charge in [-0.3, -0.25) is 4.79 Å². The second-order valence-electron chi connectivity index (χ2n) is 6.16. The van der Waals surface area contributed by atoms with Crippen LogP contribution < -0.4 is 11.1 Å². The molecule has 1 fully saturated rings. The van der Waals surface area contributed by atoms with Gasteiger partial charge in [-0.15, -0.1) is 0 Å². The highest BCUT2D eigenvalue weighted by molar-refractivity contribution is 5.76. The number of nitrogens with two attached hydrogens (primary N) is 1. The average Bonchev–Trinajstić information content (AvgIpc) is 3.16. The number of hydrogen-bond acceptors (Lipinski definition) is 3. The highest BCUT2D eigenvalue weighted by Gasteiger charge is 2.20. The number of ether oxygens (including phenoxy) is 1. The third kappa shape index (κ3) is 9.00. The molecule has 0 radical (unpaired) electrons. The van der Waals surface area contributed by atoms with Gasteiger partial charge >= 0.3 is 0 Å². The normalized spacial score (nSPS) is 16.6. The second-order valence-corrected chi connectivity index (χ2v) is 6.16. The molecule has 0 aromatic carbocycles. The predicted molar refractivity (Wildman–Crippen MR) is 77.8 cm³/mol. The lowest BCUT2D eigenvalue weighted by Gasteiger charge is -2.16. The molecule has 1 aliphatic carbocycles. The molecule has 1 aliphatic rings. The largest absolute Gasteiger partial charge is 0.381 e. The zero-order chi connectivity index (χ0) is 14.1. The van der Waals surface area contributed by atoms with Crippen molar-refractivity contribution in [2.75, 3.05) is 26.3 Å². The number of amides is 1. The molecular weight excluding hydrogens is 240 g/mol. The van der Waals surface area contributed by atoms with E-state index in [4.69, 9.17) is 10.5 Å². The third-order valence-electron chi connectivity index (χ3n) is 3.45. The maximum atomic E-state index is 11.7. The molecule has 4 nitrogen and oxygen atoms in total. The fourth-order valence-electron chi connectivity index (χ4n) is 2.20. The summed E-state index contributed by atoms with van der Waals surface area (Å²) in [5.41, 5.74) is 5.70. The molecule has 0 heterocycles. The van der Waals surface area contributed by atoms with Crippen molar-refractivity contribution in [2.45, 2.75) is 46.0 Å². The van der Waals surface area contributed by atoms with E-state index in [9.17, 15) is 4.79 Å². The Morgan fingerprint density at radius 3 is 2.74 bits per heavy atom. The second kappa shape index (κ2) is 9.32. The summed E-state index contributed by atoms with van der Waals surface area (Å²) in [6, 6.07) is 0. The van der Waals surface area contributed by atoms with E-state index in [0.29, 0.717) is 31.3 Å². The van der Waals surface area contributed by atoms with Crippen molar-refractivity contribution in [3.63, 3.8) is 0 Å². The minimum Gasteiger partial charge on any atom is -0.381 e. The van der Waals surface area contributed by atoms with Gasteiger partial charge in [0, 0.05) is 26.2 Å². The molecule has 1 rings (SSSR count). The number of carbonyl (C=O) groups is 1.